The minimum absolute atomic E-state index is 0.0467. The number of halogens is 1. The molecule has 0 aromatic heterocycles. The Morgan fingerprint density at radius 2 is 1.59 bits per heavy atom. The monoisotopic (exact) mass is 506 g/mol. The normalized spacial score (nSPS) is 11.7. The zero-order chi connectivity index (χ0) is 21.8. The van der Waals surface area contributed by atoms with E-state index < -0.39 is 11.6 Å². The Labute approximate surface area is 186 Å². The maximum atomic E-state index is 12.4. The van der Waals surface area contributed by atoms with Crippen molar-refractivity contribution in [1.29, 1.82) is 0 Å². The number of benzene rings is 2. The van der Waals surface area contributed by atoms with E-state index in [1.54, 1.807) is 26.0 Å². The molecule has 4 nitrogen and oxygen atoms in total. The summed E-state index contributed by atoms with van der Waals surface area (Å²) in [6, 6.07) is 11.3. The molecule has 0 spiro atoms. The van der Waals surface area contributed by atoms with Gasteiger partial charge in [-0.05, 0) is 111 Å². The van der Waals surface area contributed by atoms with Gasteiger partial charge in [0.15, 0.2) is 11.4 Å². The van der Waals surface area contributed by atoms with Gasteiger partial charge in [-0.15, -0.1) is 0 Å². The third-order valence-corrected chi connectivity index (χ3v) is 4.95. The van der Waals surface area contributed by atoms with E-state index in [1.165, 1.54) is 0 Å². The molecule has 0 radical (unpaired) electrons. The standard InChI is InChI=1S/C24H27IO4/c1-15(2)28-23(27)24(5,6)29-22-16(3)13-18(14-17(22)4)7-12-21(26)19-8-10-20(25)11-9-19/h7-15H,1-6H3/b12-7+. The van der Waals surface area contributed by atoms with Crippen molar-refractivity contribution in [2.75, 3.05) is 0 Å². The Bertz CT molecular complexity index is 901. The smallest absolute Gasteiger partial charge is 0.350 e. The number of allylic oxidation sites excluding steroid dienone is 1. The summed E-state index contributed by atoms with van der Waals surface area (Å²) in [5.74, 6) is 0.199. The van der Waals surface area contributed by atoms with E-state index >= 15 is 0 Å². The molecule has 2 aromatic carbocycles. The minimum atomic E-state index is -1.10. The van der Waals surface area contributed by atoms with Gasteiger partial charge in [0.1, 0.15) is 5.75 Å². The van der Waals surface area contributed by atoms with Gasteiger partial charge in [0.05, 0.1) is 6.10 Å². The molecule has 0 bridgehead atoms. The van der Waals surface area contributed by atoms with Gasteiger partial charge in [0.2, 0.25) is 0 Å². The molecule has 2 aromatic rings. The van der Waals surface area contributed by atoms with Crippen molar-refractivity contribution in [3.8, 4) is 5.75 Å². The fourth-order valence-electron chi connectivity index (χ4n) is 2.78. The van der Waals surface area contributed by atoms with E-state index in [0.717, 1.165) is 20.3 Å². The summed E-state index contributed by atoms with van der Waals surface area (Å²) in [6.45, 7) is 10.9. The topological polar surface area (TPSA) is 52.6 Å². The molecular formula is C24H27IO4. The fourth-order valence-corrected chi connectivity index (χ4v) is 3.14. The summed E-state index contributed by atoms with van der Waals surface area (Å²) in [7, 11) is 0. The van der Waals surface area contributed by atoms with Crippen LogP contribution >= 0.6 is 22.6 Å². The van der Waals surface area contributed by atoms with Gasteiger partial charge in [-0.2, -0.15) is 0 Å². The highest BCUT2D eigenvalue weighted by atomic mass is 127. The number of rotatable bonds is 7. The fraction of sp³-hybridized carbons (Fsp3) is 0.333. The summed E-state index contributed by atoms with van der Waals surface area (Å²) < 4.78 is 12.4. The third kappa shape index (κ3) is 6.42. The molecule has 0 aliphatic carbocycles. The van der Waals surface area contributed by atoms with Crippen molar-refractivity contribution in [3.05, 3.63) is 68.3 Å². The maximum absolute atomic E-state index is 12.4. The van der Waals surface area contributed by atoms with Gasteiger partial charge in [-0.25, -0.2) is 4.79 Å². The zero-order valence-electron chi connectivity index (χ0n) is 17.7. The molecule has 0 aliphatic rings. The molecule has 0 fully saturated rings. The van der Waals surface area contributed by atoms with Gasteiger partial charge >= 0.3 is 5.97 Å². The number of ether oxygens (including phenoxy) is 2. The summed E-state index contributed by atoms with van der Waals surface area (Å²) in [5, 5.41) is 0. The van der Waals surface area contributed by atoms with Crippen molar-refractivity contribution < 1.29 is 19.1 Å². The largest absolute Gasteiger partial charge is 0.476 e. The Balaban J connectivity index is 2.19. The molecule has 0 heterocycles. The summed E-state index contributed by atoms with van der Waals surface area (Å²) in [6.07, 6.45) is 3.16. The van der Waals surface area contributed by atoms with E-state index in [4.69, 9.17) is 9.47 Å². The van der Waals surface area contributed by atoms with Crippen molar-refractivity contribution in [1.82, 2.24) is 0 Å². The van der Waals surface area contributed by atoms with Gasteiger partial charge in [-0.3, -0.25) is 4.79 Å². The number of ketones is 1. The van der Waals surface area contributed by atoms with Crippen LogP contribution in [0.15, 0.2) is 42.5 Å². The van der Waals surface area contributed by atoms with Crippen molar-refractivity contribution in [2.24, 2.45) is 0 Å². The predicted molar refractivity (Wildman–Crippen MR) is 124 cm³/mol. The lowest BCUT2D eigenvalue weighted by molar-refractivity contribution is -0.163. The molecule has 2 rings (SSSR count). The maximum Gasteiger partial charge on any atom is 0.350 e. The van der Waals surface area contributed by atoms with Crippen LogP contribution in [0.4, 0.5) is 0 Å². The first-order chi connectivity index (χ1) is 13.5. The molecule has 0 N–H and O–H groups in total. The summed E-state index contributed by atoms with van der Waals surface area (Å²) in [5.41, 5.74) is 2.22. The minimum Gasteiger partial charge on any atom is -0.476 e. The van der Waals surface area contributed by atoms with E-state index in [9.17, 15) is 9.59 Å². The zero-order valence-corrected chi connectivity index (χ0v) is 19.9. The molecule has 0 amide bonds. The highest BCUT2D eigenvalue weighted by Crippen LogP contribution is 2.29. The van der Waals surface area contributed by atoms with E-state index in [1.807, 2.05) is 64.1 Å². The second-order valence-corrected chi connectivity index (χ2v) is 9.00. The number of carbonyl (C=O) groups is 2. The Morgan fingerprint density at radius 1 is 1.03 bits per heavy atom. The van der Waals surface area contributed by atoms with Gasteiger partial charge in [0.25, 0.3) is 0 Å². The number of hydrogen-bond donors (Lipinski definition) is 0. The second-order valence-electron chi connectivity index (χ2n) is 7.75. The van der Waals surface area contributed by atoms with Gasteiger partial charge < -0.3 is 9.47 Å². The van der Waals surface area contributed by atoms with Crippen LogP contribution in [-0.2, 0) is 9.53 Å². The number of esters is 1. The van der Waals surface area contributed by atoms with Crippen LogP contribution in [0.1, 0.15) is 54.7 Å². The average molecular weight is 506 g/mol. The molecule has 0 aliphatic heterocycles. The number of carbonyl (C=O) groups excluding carboxylic acids is 2. The van der Waals surface area contributed by atoms with E-state index in [2.05, 4.69) is 22.6 Å². The lowest BCUT2D eigenvalue weighted by atomic mass is 10.0. The van der Waals surface area contributed by atoms with Gasteiger partial charge in [-0.1, -0.05) is 18.2 Å². The highest BCUT2D eigenvalue weighted by molar-refractivity contribution is 14.1. The Hall–Kier alpha value is -2.15. The van der Waals surface area contributed by atoms with Crippen LogP contribution < -0.4 is 4.74 Å². The van der Waals surface area contributed by atoms with Crippen LogP contribution in [0.5, 0.6) is 5.75 Å². The van der Waals surface area contributed by atoms with Gasteiger partial charge in [0, 0.05) is 9.13 Å². The van der Waals surface area contributed by atoms with Crippen molar-refractivity contribution in [3.63, 3.8) is 0 Å². The Kier molecular flexibility index (Phi) is 7.63. The average Bonchev–Trinajstić information content (AvgIpc) is 2.62. The molecule has 0 unspecified atom stereocenters. The molecule has 5 heteroatoms. The highest BCUT2D eigenvalue weighted by Gasteiger charge is 2.33. The lowest BCUT2D eigenvalue weighted by Crippen LogP contribution is -2.41. The lowest BCUT2D eigenvalue weighted by Gasteiger charge is -2.27. The first-order valence-corrected chi connectivity index (χ1v) is 10.6. The molecule has 0 saturated carbocycles. The van der Waals surface area contributed by atoms with Crippen LogP contribution in [0.2, 0.25) is 0 Å². The molecule has 0 atom stereocenters. The van der Waals surface area contributed by atoms with Crippen LogP contribution in [0.25, 0.3) is 6.08 Å². The van der Waals surface area contributed by atoms with Crippen LogP contribution in [0.3, 0.4) is 0 Å². The van der Waals surface area contributed by atoms with E-state index in [0.29, 0.717) is 11.3 Å². The van der Waals surface area contributed by atoms with Crippen molar-refractivity contribution >= 4 is 40.4 Å². The van der Waals surface area contributed by atoms with E-state index in [-0.39, 0.29) is 11.9 Å². The molecule has 0 saturated heterocycles. The van der Waals surface area contributed by atoms with Crippen LogP contribution in [-0.4, -0.2) is 23.5 Å². The Morgan fingerprint density at radius 3 is 2.10 bits per heavy atom. The molecule has 154 valence electrons. The predicted octanol–water partition coefficient (Wildman–Crippen LogP) is 5.91. The molecular weight excluding hydrogens is 479 g/mol. The quantitative estimate of drug-likeness (QED) is 0.203. The molecule has 29 heavy (non-hydrogen) atoms. The van der Waals surface area contributed by atoms with Crippen molar-refractivity contribution in [2.45, 2.75) is 53.2 Å². The number of hydrogen-bond acceptors (Lipinski definition) is 4. The SMILES string of the molecule is Cc1cc(/C=C/C(=O)c2ccc(I)cc2)cc(C)c1OC(C)(C)C(=O)OC(C)C. The summed E-state index contributed by atoms with van der Waals surface area (Å²) in [4.78, 5) is 24.7. The first-order valence-electron chi connectivity index (χ1n) is 9.49. The second kappa shape index (κ2) is 9.57. The third-order valence-electron chi connectivity index (χ3n) is 4.23. The van der Waals surface area contributed by atoms with Crippen LogP contribution in [0, 0.1) is 17.4 Å². The first kappa shape index (κ1) is 23.1. The summed E-state index contributed by atoms with van der Waals surface area (Å²) >= 11 is 2.21. The number of aryl methyl sites for hydroxylation is 2.